The van der Waals surface area contributed by atoms with E-state index in [0.717, 1.165) is 12.0 Å². The van der Waals surface area contributed by atoms with Crippen LogP contribution in [0.15, 0.2) is 74.5 Å². The Bertz CT molecular complexity index is 1420. The van der Waals surface area contributed by atoms with Crippen LogP contribution < -0.4 is 14.9 Å². The second-order valence-corrected chi connectivity index (χ2v) is 9.03. The number of amides is 1. The number of benzene rings is 2. The van der Waals surface area contributed by atoms with Gasteiger partial charge in [0.05, 0.1) is 43.5 Å². The average Bonchev–Trinajstić information content (AvgIpc) is 3.46. The molecule has 1 aliphatic rings. The van der Waals surface area contributed by atoms with Crippen molar-refractivity contribution < 1.29 is 23.1 Å². The zero-order valence-corrected chi connectivity index (χ0v) is 19.9. The quantitative estimate of drug-likeness (QED) is 0.333. The van der Waals surface area contributed by atoms with Crippen LogP contribution in [0.3, 0.4) is 0 Å². The van der Waals surface area contributed by atoms with Crippen molar-refractivity contribution >= 4 is 16.9 Å². The molecule has 0 unspecified atom stereocenters. The van der Waals surface area contributed by atoms with E-state index in [4.69, 9.17) is 18.3 Å². The van der Waals surface area contributed by atoms with Crippen molar-refractivity contribution in [2.24, 2.45) is 5.92 Å². The third-order valence-corrected chi connectivity index (χ3v) is 6.24. The molecule has 2 aromatic carbocycles. The Morgan fingerprint density at radius 3 is 2.60 bits per heavy atom. The van der Waals surface area contributed by atoms with Gasteiger partial charge >= 0.3 is 0 Å². The molecule has 35 heavy (non-hydrogen) atoms. The van der Waals surface area contributed by atoms with Crippen LogP contribution in [0.1, 0.15) is 53.8 Å². The number of para-hydroxylation sites is 1. The fourth-order valence-corrected chi connectivity index (χ4v) is 4.43. The maximum atomic E-state index is 13.6. The monoisotopic (exact) mass is 473 g/mol. The third-order valence-electron chi connectivity index (χ3n) is 6.24. The van der Waals surface area contributed by atoms with Gasteiger partial charge in [0, 0.05) is 0 Å². The molecule has 7 heteroatoms. The van der Waals surface area contributed by atoms with E-state index < -0.39 is 6.04 Å². The van der Waals surface area contributed by atoms with E-state index >= 15 is 0 Å². The van der Waals surface area contributed by atoms with Crippen molar-refractivity contribution in [1.29, 1.82) is 0 Å². The summed E-state index contributed by atoms with van der Waals surface area (Å²) in [6.45, 7) is 5.03. The van der Waals surface area contributed by atoms with Crippen LogP contribution in [0.2, 0.25) is 0 Å². The molecule has 1 aliphatic heterocycles. The Morgan fingerprint density at radius 1 is 1.03 bits per heavy atom. The van der Waals surface area contributed by atoms with Crippen LogP contribution in [0, 0.1) is 5.92 Å². The summed E-state index contributed by atoms with van der Waals surface area (Å²) in [6.07, 6.45) is 2.47. The Hall–Kier alpha value is -4.00. The summed E-state index contributed by atoms with van der Waals surface area (Å²) in [5.74, 6) is 1.97. The molecule has 2 aromatic heterocycles. The Morgan fingerprint density at radius 2 is 1.86 bits per heavy atom. The van der Waals surface area contributed by atoms with Gasteiger partial charge in [-0.2, -0.15) is 0 Å². The van der Waals surface area contributed by atoms with Crippen LogP contribution in [0.5, 0.6) is 11.5 Å². The van der Waals surface area contributed by atoms with Crippen molar-refractivity contribution in [3.05, 3.63) is 93.7 Å². The summed E-state index contributed by atoms with van der Waals surface area (Å²) < 4.78 is 23.0. The Balaban J connectivity index is 1.62. The van der Waals surface area contributed by atoms with Crippen molar-refractivity contribution in [2.45, 2.75) is 32.9 Å². The molecule has 4 aromatic rings. The molecule has 0 fully saturated rings. The van der Waals surface area contributed by atoms with Crippen LogP contribution in [-0.2, 0) is 6.54 Å². The number of ether oxygens (including phenoxy) is 2. The fraction of sp³-hybridized carbons (Fsp3) is 0.286. The largest absolute Gasteiger partial charge is 0.493 e. The minimum atomic E-state index is -0.665. The lowest BCUT2D eigenvalue weighted by Crippen LogP contribution is -2.29. The van der Waals surface area contributed by atoms with Gasteiger partial charge in [0.15, 0.2) is 16.9 Å². The average molecular weight is 474 g/mol. The molecule has 0 saturated heterocycles. The van der Waals surface area contributed by atoms with E-state index in [1.807, 2.05) is 18.2 Å². The molecule has 0 spiro atoms. The number of carbonyl (C=O) groups excluding carboxylic acids is 1. The smallest absolute Gasteiger partial charge is 0.291 e. The van der Waals surface area contributed by atoms with Crippen LogP contribution in [-0.4, -0.2) is 24.5 Å². The van der Waals surface area contributed by atoms with Crippen molar-refractivity contribution in [3.8, 4) is 11.5 Å². The minimum absolute atomic E-state index is 0.0569. The van der Waals surface area contributed by atoms with E-state index in [-0.39, 0.29) is 23.6 Å². The normalized spacial score (nSPS) is 15.1. The number of hydrogen-bond donors (Lipinski definition) is 0. The van der Waals surface area contributed by atoms with E-state index in [0.29, 0.717) is 46.3 Å². The number of nitrogens with zero attached hydrogens (tertiary/aromatic N) is 1. The zero-order valence-electron chi connectivity index (χ0n) is 19.9. The SMILES string of the molecule is COc1cc([C@@H]2c3c(oc4ccccc4c3=O)C(=O)N2Cc2ccco2)ccc1OCCC(C)C. The van der Waals surface area contributed by atoms with Crippen molar-refractivity contribution in [3.63, 3.8) is 0 Å². The van der Waals surface area contributed by atoms with Gasteiger partial charge in [0.25, 0.3) is 5.91 Å². The summed E-state index contributed by atoms with van der Waals surface area (Å²) >= 11 is 0. The maximum Gasteiger partial charge on any atom is 0.291 e. The Labute approximate surface area is 202 Å². The number of methoxy groups -OCH3 is 1. The van der Waals surface area contributed by atoms with E-state index in [2.05, 4.69) is 13.8 Å². The highest BCUT2D eigenvalue weighted by molar-refractivity contribution is 5.99. The molecular weight excluding hydrogens is 446 g/mol. The molecule has 0 N–H and O–H groups in total. The number of carbonyl (C=O) groups is 1. The van der Waals surface area contributed by atoms with Crippen molar-refractivity contribution in [1.82, 2.24) is 4.90 Å². The van der Waals surface area contributed by atoms with Gasteiger partial charge in [0.2, 0.25) is 5.76 Å². The maximum absolute atomic E-state index is 13.6. The highest BCUT2D eigenvalue weighted by Gasteiger charge is 2.43. The lowest BCUT2D eigenvalue weighted by Gasteiger charge is -2.25. The van der Waals surface area contributed by atoms with Gasteiger partial charge in [0.1, 0.15) is 11.3 Å². The summed E-state index contributed by atoms with van der Waals surface area (Å²) in [6, 6.07) is 15.4. The highest BCUT2D eigenvalue weighted by atomic mass is 16.5. The number of hydrogen-bond acceptors (Lipinski definition) is 6. The summed E-state index contributed by atoms with van der Waals surface area (Å²) in [5.41, 5.74) is 1.20. The third kappa shape index (κ3) is 4.18. The van der Waals surface area contributed by atoms with Gasteiger partial charge in [-0.1, -0.05) is 32.0 Å². The first-order valence-corrected chi connectivity index (χ1v) is 11.7. The zero-order chi connectivity index (χ0) is 24.5. The molecule has 0 bridgehead atoms. The summed E-state index contributed by atoms with van der Waals surface area (Å²) in [4.78, 5) is 28.7. The topological polar surface area (TPSA) is 82.1 Å². The lowest BCUT2D eigenvalue weighted by molar-refractivity contribution is 0.0701. The molecule has 0 aliphatic carbocycles. The van der Waals surface area contributed by atoms with Crippen molar-refractivity contribution in [2.75, 3.05) is 13.7 Å². The predicted octanol–water partition coefficient (Wildman–Crippen LogP) is 5.56. The predicted molar refractivity (Wildman–Crippen MR) is 131 cm³/mol. The lowest BCUT2D eigenvalue weighted by atomic mass is 9.98. The standard InChI is InChI=1S/C28H27NO6/c1-17(2)12-14-34-22-11-10-18(15-23(22)32-3)25-24-26(30)20-8-4-5-9-21(20)35-27(24)28(31)29(25)16-19-7-6-13-33-19/h4-11,13,15,17,25H,12,14,16H2,1-3H3/t25-/m1/s1. The minimum Gasteiger partial charge on any atom is -0.493 e. The number of rotatable bonds is 8. The summed E-state index contributed by atoms with van der Waals surface area (Å²) in [5, 5.41) is 0.435. The van der Waals surface area contributed by atoms with Gasteiger partial charge in [-0.05, 0) is 54.3 Å². The van der Waals surface area contributed by atoms with Crippen LogP contribution >= 0.6 is 0 Å². The molecule has 180 valence electrons. The highest BCUT2D eigenvalue weighted by Crippen LogP contribution is 2.41. The summed E-state index contributed by atoms with van der Waals surface area (Å²) in [7, 11) is 1.57. The van der Waals surface area contributed by atoms with Gasteiger partial charge < -0.3 is 23.2 Å². The number of furan rings is 1. The fourth-order valence-electron chi connectivity index (χ4n) is 4.43. The molecular formula is C28H27NO6. The van der Waals surface area contributed by atoms with Crippen LogP contribution in [0.4, 0.5) is 0 Å². The first kappa shape index (κ1) is 22.8. The van der Waals surface area contributed by atoms with E-state index in [1.165, 1.54) is 0 Å². The molecule has 0 saturated carbocycles. The first-order valence-electron chi connectivity index (χ1n) is 11.7. The van der Waals surface area contributed by atoms with E-state index in [9.17, 15) is 9.59 Å². The van der Waals surface area contributed by atoms with Gasteiger partial charge in [-0.15, -0.1) is 0 Å². The molecule has 3 heterocycles. The molecule has 0 radical (unpaired) electrons. The van der Waals surface area contributed by atoms with Crippen LogP contribution in [0.25, 0.3) is 11.0 Å². The molecule has 7 nitrogen and oxygen atoms in total. The second kappa shape index (κ2) is 9.33. The Kier molecular flexibility index (Phi) is 6.07. The second-order valence-electron chi connectivity index (χ2n) is 9.03. The number of fused-ring (bicyclic) bond motifs is 2. The first-order chi connectivity index (χ1) is 17.0. The molecule has 1 atom stereocenters. The van der Waals surface area contributed by atoms with Gasteiger partial charge in [-0.3, -0.25) is 9.59 Å². The van der Waals surface area contributed by atoms with E-state index in [1.54, 1.807) is 54.7 Å². The molecule has 1 amide bonds. The van der Waals surface area contributed by atoms with Gasteiger partial charge in [-0.25, -0.2) is 0 Å². The molecule has 5 rings (SSSR count).